The van der Waals surface area contributed by atoms with Crippen LogP contribution in [0, 0.1) is 0 Å². The van der Waals surface area contributed by atoms with Crippen molar-refractivity contribution in [2.75, 3.05) is 7.11 Å². The summed E-state index contributed by atoms with van der Waals surface area (Å²) in [5.74, 6) is -0.738. The minimum atomic E-state index is -0.434. The molecule has 0 fully saturated rings. The number of benzene rings is 1. The summed E-state index contributed by atoms with van der Waals surface area (Å²) in [5, 5.41) is 2.36. The molecule has 5 heteroatoms. The monoisotopic (exact) mass is 223 g/mol. The molecule has 1 aromatic rings. The highest BCUT2D eigenvalue weighted by Gasteiger charge is 2.07. The molecule has 15 heavy (non-hydrogen) atoms. The van der Waals surface area contributed by atoms with E-state index in [1.807, 2.05) is 0 Å². The molecule has 0 aliphatic heterocycles. The summed E-state index contributed by atoms with van der Waals surface area (Å²) in [5.41, 5.74) is 1.97. The molecular formula is C10H9NO3S. The Hall–Kier alpha value is -1.75. The first-order valence-electron chi connectivity index (χ1n) is 4.12. The van der Waals surface area contributed by atoms with Crippen LogP contribution in [0.2, 0.25) is 0 Å². The Balaban J connectivity index is 2.85. The lowest BCUT2D eigenvalue weighted by atomic mass is 10.1. The predicted molar refractivity (Wildman–Crippen MR) is 58.9 cm³/mol. The summed E-state index contributed by atoms with van der Waals surface area (Å²) < 4.78 is 4.52. The number of esters is 1. The largest absolute Gasteiger partial charge is 0.465 e. The summed E-state index contributed by atoms with van der Waals surface area (Å²) in [7, 11) is 1.30. The molecule has 1 aromatic carbocycles. The second kappa shape index (κ2) is 5.21. The van der Waals surface area contributed by atoms with Crippen LogP contribution in [0.4, 0.5) is 0 Å². The highest BCUT2D eigenvalue weighted by atomic mass is 32.1. The van der Waals surface area contributed by atoms with E-state index in [4.69, 9.17) is 0 Å². The highest BCUT2D eigenvalue weighted by Crippen LogP contribution is 2.05. The van der Waals surface area contributed by atoms with Gasteiger partial charge in [-0.25, -0.2) is 4.79 Å². The first-order chi connectivity index (χ1) is 7.19. The fraction of sp³-hybridized carbons (Fsp3) is 0.100. The predicted octanol–water partition coefficient (Wildman–Crippen LogP) is 1.16. The zero-order valence-electron chi connectivity index (χ0n) is 8.02. The molecular weight excluding hydrogens is 214 g/mol. The number of amides is 1. The minimum absolute atomic E-state index is 0.304. The number of hydrogen-bond donors (Lipinski definition) is 1. The van der Waals surface area contributed by atoms with Gasteiger partial charge in [0.25, 0.3) is 5.91 Å². The maximum atomic E-state index is 11.3. The quantitative estimate of drug-likeness (QED) is 0.617. The van der Waals surface area contributed by atoms with Crippen molar-refractivity contribution in [3.63, 3.8) is 0 Å². The number of methoxy groups -OCH3 is 1. The van der Waals surface area contributed by atoms with Gasteiger partial charge in [0, 0.05) is 5.56 Å². The van der Waals surface area contributed by atoms with Gasteiger partial charge in [-0.2, -0.15) is 0 Å². The van der Waals surface area contributed by atoms with Crippen LogP contribution in [0.15, 0.2) is 24.3 Å². The van der Waals surface area contributed by atoms with E-state index in [-0.39, 0.29) is 5.91 Å². The van der Waals surface area contributed by atoms with E-state index in [0.717, 1.165) is 5.49 Å². The smallest absolute Gasteiger partial charge is 0.337 e. The molecule has 0 bridgehead atoms. The van der Waals surface area contributed by atoms with Crippen LogP contribution < -0.4 is 5.32 Å². The molecule has 0 aliphatic rings. The third-order valence-electron chi connectivity index (χ3n) is 1.76. The first-order valence-corrected chi connectivity index (χ1v) is 4.59. The molecule has 1 rings (SSSR count). The fourth-order valence-corrected chi connectivity index (χ4v) is 1.12. The van der Waals surface area contributed by atoms with Gasteiger partial charge >= 0.3 is 5.97 Å². The molecule has 0 atom stereocenters. The van der Waals surface area contributed by atoms with Crippen molar-refractivity contribution in [3.8, 4) is 0 Å². The molecule has 0 unspecified atom stereocenters. The van der Waals surface area contributed by atoms with Gasteiger partial charge in [0.2, 0.25) is 0 Å². The normalized spacial score (nSPS) is 9.13. The molecule has 0 saturated carbocycles. The second-order valence-corrected chi connectivity index (χ2v) is 2.90. The van der Waals surface area contributed by atoms with Crippen LogP contribution in [-0.4, -0.2) is 24.5 Å². The molecule has 78 valence electrons. The maximum Gasteiger partial charge on any atom is 0.337 e. The molecule has 0 spiro atoms. The molecule has 0 aliphatic carbocycles. The van der Waals surface area contributed by atoms with Crippen molar-refractivity contribution in [2.24, 2.45) is 0 Å². The lowest BCUT2D eigenvalue weighted by Crippen LogP contribution is -2.20. The van der Waals surface area contributed by atoms with E-state index in [2.05, 4.69) is 22.3 Å². The Labute approximate surface area is 92.2 Å². The standard InChI is InChI=1S/C10H9NO3S/c1-14-10(13)8-4-2-7(3-5-8)9(12)11-6-15/h2-6H,1H3,(H,11,12,15). The van der Waals surface area contributed by atoms with Gasteiger partial charge in [0.15, 0.2) is 0 Å². The Morgan fingerprint density at radius 3 is 2.27 bits per heavy atom. The summed E-state index contributed by atoms with van der Waals surface area (Å²) in [4.78, 5) is 22.3. The van der Waals surface area contributed by atoms with E-state index in [1.54, 1.807) is 0 Å². The molecule has 1 amide bonds. The van der Waals surface area contributed by atoms with Crippen molar-refractivity contribution in [2.45, 2.75) is 0 Å². The van der Waals surface area contributed by atoms with Gasteiger partial charge in [-0.15, -0.1) is 0 Å². The van der Waals surface area contributed by atoms with Crippen molar-refractivity contribution in [1.29, 1.82) is 0 Å². The summed E-state index contributed by atoms with van der Waals surface area (Å²) in [6.45, 7) is 0. The van der Waals surface area contributed by atoms with Crippen molar-refractivity contribution < 1.29 is 14.3 Å². The van der Waals surface area contributed by atoms with Crippen LogP contribution >= 0.6 is 12.2 Å². The van der Waals surface area contributed by atoms with Crippen molar-refractivity contribution in [3.05, 3.63) is 35.4 Å². The number of nitrogens with one attached hydrogen (secondary N) is 1. The number of hydrogen-bond acceptors (Lipinski definition) is 4. The third kappa shape index (κ3) is 2.85. The zero-order valence-corrected chi connectivity index (χ0v) is 8.84. The molecule has 0 heterocycles. The Morgan fingerprint density at radius 2 is 1.80 bits per heavy atom. The Kier molecular flexibility index (Phi) is 3.93. The number of rotatable bonds is 3. The average molecular weight is 223 g/mol. The average Bonchev–Trinajstić information content (AvgIpc) is 2.28. The van der Waals surface area contributed by atoms with Crippen LogP contribution in [-0.2, 0) is 4.74 Å². The lowest BCUT2D eigenvalue weighted by Gasteiger charge is -2.01. The van der Waals surface area contributed by atoms with Gasteiger partial charge in [0.1, 0.15) is 0 Å². The first kappa shape index (κ1) is 11.3. The van der Waals surface area contributed by atoms with Crippen LogP contribution in [0.25, 0.3) is 0 Å². The van der Waals surface area contributed by atoms with Gasteiger partial charge in [-0.1, -0.05) is 12.2 Å². The van der Waals surface area contributed by atoms with Gasteiger partial charge in [-0.05, 0) is 24.3 Å². The van der Waals surface area contributed by atoms with E-state index in [0.29, 0.717) is 11.1 Å². The maximum absolute atomic E-state index is 11.3. The van der Waals surface area contributed by atoms with Crippen LogP contribution in [0.1, 0.15) is 20.7 Å². The molecule has 0 saturated heterocycles. The molecule has 0 radical (unpaired) electrons. The summed E-state index contributed by atoms with van der Waals surface area (Å²) >= 11 is 4.48. The zero-order chi connectivity index (χ0) is 11.3. The number of thiocarbonyl (C=S) groups is 1. The highest BCUT2D eigenvalue weighted by molar-refractivity contribution is 7.78. The number of carbonyl (C=O) groups is 2. The second-order valence-electron chi connectivity index (χ2n) is 2.66. The van der Waals surface area contributed by atoms with Gasteiger partial charge in [-0.3, -0.25) is 4.79 Å². The Bertz CT molecular complexity index is 386. The Morgan fingerprint density at radius 1 is 1.27 bits per heavy atom. The lowest BCUT2D eigenvalue weighted by molar-refractivity contribution is 0.0600. The third-order valence-corrected chi connectivity index (χ3v) is 1.88. The van der Waals surface area contributed by atoms with E-state index in [9.17, 15) is 9.59 Å². The van der Waals surface area contributed by atoms with E-state index < -0.39 is 5.97 Å². The molecule has 4 nitrogen and oxygen atoms in total. The SMILES string of the molecule is COC(=O)c1ccc(C(=O)NC=S)cc1. The van der Waals surface area contributed by atoms with E-state index >= 15 is 0 Å². The van der Waals surface area contributed by atoms with Crippen molar-refractivity contribution in [1.82, 2.24) is 5.32 Å². The fourth-order valence-electron chi connectivity index (χ4n) is 1.01. The van der Waals surface area contributed by atoms with Crippen LogP contribution in [0.3, 0.4) is 0 Å². The van der Waals surface area contributed by atoms with Crippen molar-refractivity contribution >= 4 is 29.6 Å². The topological polar surface area (TPSA) is 55.4 Å². The van der Waals surface area contributed by atoms with E-state index in [1.165, 1.54) is 31.4 Å². The molecule has 1 N–H and O–H groups in total. The van der Waals surface area contributed by atoms with Gasteiger partial charge < -0.3 is 10.1 Å². The van der Waals surface area contributed by atoms with Crippen LogP contribution in [0.5, 0.6) is 0 Å². The summed E-state index contributed by atoms with van der Waals surface area (Å²) in [6.07, 6.45) is 0. The number of carbonyl (C=O) groups excluding carboxylic acids is 2. The summed E-state index contributed by atoms with van der Waals surface area (Å²) in [6, 6.07) is 6.09. The number of ether oxygens (including phenoxy) is 1. The molecule has 0 aromatic heterocycles. The minimum Gasteiger partial charge on any atom is -0.465 e. The van der Waals surface area contributed by atoms with Gasteiger partial charge in [0.05, 0.1) is 18.2 Å².